The van der Waals surface area contributed by atoms with Gasteiger partial charge in [-0.3, -0.25) is 0 Å². The van der Waals surface area contributed by atoms with E-state index < -0.39 is 0 Å². The van der Waals surface area contributed by atoms with Crippen molar-refractivity contribution < 1.29 is 9.84 Å². The molecule has 6 nitrogen and oxygen atoms in total. The van der Waals surface area contributed by atoms with E-state index in [4.69, 9.17) is 4.74 Å². The van der Waals surface area contributed by atoms with E-state index in [1.54, 1.807) is 0 Å². The summed E-state index contributed by atoms with van der Waals surface area (Å²) in [6.07, 6.45) is 2.85. The van der Waals surface area contributed by atoms with Gasteiger partial charge in [-0.1, -0.05) is 0 Å². The smallest absolute Gasteiger partial charge is 0.317 e. The second-order valence-corrected chi connectivity index (χ2v) is 5.57. The van der Waals surface area contributed by atoms with Crippen molar-refractivity contribution >= 4 is 11.6 Å². The normalized spacial score (nSPS) is 25.9. The summed E-state index contributed by atoms with van der Waals surface area (Å²) in [6.45, 7) is 5.75. The average molecular weight is 264 g/mol. The zero-order valence-electron chi connectivity index (χ0n) is 11.3. The van der Waals surface area contributed by atoms with E-state index in [0.29, 0.717) is 18.0 Å². The maximum absolute atomic E-state index is 9.66. The lowest BCUT2D eigenvalue weighted by Gasteiger charge is -2.33. The standard InChI is InChI=1S/C13H20N4O2/c1-8(2)14-11-5-12(16-13(18)15-11)17-6-9-3-4-10(7-17)19-9/h5,8-10H,3-4,6-7H2,1-2H3,(H2,14,15,16,18). The molecule has 1 aromatic rings. The highest BCUT2D eigenvalue weighted by Crippen LogP contribution is 2.30. The number of rotatable bonds is 3. The van der Waals surface area contributed by atoms with Crippen molar-refractivity contribution in [2.45, 2.75) is 44.9 Å². The fraction of sp³-hybridized carbons (Fsp3) is 0.692. The molecule has 2 N–H and O–H groups in total. The van der Waals surface area contributed by atoms with Gasteiger partial charge in [0.25, 0.3) is 0 Å². The van der Waals surface area contributed by atoms with E-state index >= 15 is 0 Å². The van der Waals surface area contributed by atoms with Crippen LogP contribution < -0.4 is 10.2 Å². The molecule has 104 valence electrons. The summed E-state index contributed by atoms with van der Waals surface area (Å²) < 4.78 is 5.81. The lowest BCUT2D eigenvalue weighted by atomic mass is 10.2. The first-order valence-corrected chi connectivity index (χ1v) is 6.85. The van der Waals surface area contributed by atoms with Crippen molar-refractivity contribution in [2.75, 3.05) is 23.3 Å². The van der Waals surface area contributed by atoms with Crippen LogP contribution in [0.15, 0.2) is 6.07 Å². The van der Waals surface area contributed by atoms with Crippen molar-refractivity contribution in [3.05, 3.63) is 6.07 Å². The Morgan fingerprint density at radius 3 is 2.63 bits per heavy atom. The second-order valence-electron chi connectivity index (χ2n) is 5.57. The van der Waals surface area contributed by atoms with Crippen LogP contribution in [-0.4, -0.2) is 46.4 Å². The molecule has 3 rings (SSSR count). The van der Waals surface area contributed by atoms with Gasteiger partial charge in [-0.05, 0) is 26.7 Å². The summed E-state index contributed by atoms with van der Waals surface area (Å²) in [5.41, 5.74) is 0. The van der Waals surface area contributed by atoms with Gasteiger partial charge in [0.05, 0.1) is 12.2 Å². The van der Waals surface area contributed by atoms with E-state index in [2.05, 4.69) is 20.2 Å². The van der Waals surface area contributed by atoms with Crippen molar-refractivity contribution in [1.29, 1.82) is 0 Å². The fourth-order valence-electron chi connectivity index (χ4n) is 2.76. The monoisotopic (exact) mass is 264 g/mol. The van der Waals surface area contributed by atoms with Gasteiger partial charge in [0.15, 0.2) is 0 Å². The Morgan fingerprint density at radius 2 is 2.00 bits per heavy atom. The molecule has 2 fully saturated rings. The highest BCUT2D eigenvalue weighted by molar-refractivity contribution is 5.51. The molecule has 0 aromatic carbocycles. The minimum Gasteiger partial charge on any atom is -0.479 e. The maximum atomic E-state index is 9.66. The van der Waals surface area contributed by atoms with Gasteiger partial charge >= 0.3 is 6.01 Å². The topological polar surface area (TPSA) is 70.5 Å². The van der Waals surface area contributed by atoms with Crippen LogP contribution in [0.5, 0.6) is 6.01 Å². The Kier molecular flexibility index (Phi) is 3.18. The molecule has 6 heteroatoms. The Balaban J connectivity index is 1.81. The maximum Gasteiger partial charge on any atom is 0.317 e. The minimum atomic E-state index is -0.181. The molecule has 0 spiro atoms. The summed E-state index contributed by atoms with van der Waals surface area (Å²) in [7, 11) is 0. The van der Waals surface area contributed by atoms with Crippen molar-refractivity contribution in [2.24, 2.45) is 0 Å². The number of aromatic nitrogens is 2. The zero-order valence-corrected chi connectivity index (χ0v) is 11.3. The lowest BCUT2D eigenvalue weighted by Crippen LogP contribution is -2.43. The van der Waals surface area contributed by atoms with Gasteiger partial charge in [-0.25, -0.2) is 0 Å². The number of aromatic hydroxyl groups is 1. The highest BCUT2D eigenvalue weighted by Gasteiger charge is 2.34. The quantitative estimate of drug-likeness (QED) is 0.859. The Morgan fingerprint density at radius 1 is 1.32 bits per heavy atom. The van der Waals surface area contributed by atoms with Crippen LogP contribution in [0, 0.1) is 0 Å². The van der Waals surface area contributed by atoms with Crippen LogP contribution in [0.2, 0.25) is 0 Å². The SMILES string of the molecule is CC(C)Nc1cc(N2CC3CCC(C2)O3)nc(O)n1. The second kappa shape index (κ2) is 4.85. The van der Waals surface area contributed by atoms with Gasteiger partial charge < -0.3 is 20.1 Å². The molecule has 2 unspecified atom stereocenters. The number of ether oxygens (including phenoxy) is 1. The Bertz CT molecular complexity index is 454. The molecule has 2 bridgehead atoms. The van der Waals surface area contributed by atoms with Crippen LogP contribution in [0.25, 0.3) is 0 Å². The van der Waals surface area contributed by atoms with E-state index in [1.807, 2.05) is 19.9 Å². The number of morpholine rings is 1. The molecule has 3 heterocycles. The summed E-state index contributed by atoms with van der Waals surface area (Å²) >= 11 is 0. The predicted octanol–water partition coefficient (Wildman–Crippen LogP) is 1.37. The molecule has 19 heavy (non-hydrogen) atoms. The molecule has 0 amide bonds. The van der Waals surface area contributed by atoms with Gasteiger partial charge in [-0.2, -0.15) is 9.97 Å². The first kappa shape index (κ1) is 12.5. The highest BCUT2D eigenvalue weighted by atomic mass is 16.5. The largest absolute Gasteiger partial charge is 0.479 e. The third-order valence-electron chi connectivity index (χ3n) is 3.50. The lowest BCUT2D eigenvalue weighted by molar-refractivity contribution is 0.0302. The molecular formula is C13H20N4O2. The van der Waals surface area contributed by atoms with Crippen LogP contribution in [0.4, 0.5) is 11.6 Å². The summed E-state index contributed by atoms with van der Waals surface area (Å²) in [4.78, 5) is 10.3. The van der Waals surface area contributed by atoms with Crippen LogP contribution >= 0.6 is 0 Å². The molecular weight excluding hydrogens is 244 g/mol. The van der Waals surface area contributed by atoms with Crippen molar-refractivity contribution in [3.8, 4) is 6.01 Å². The Hall–Kier alpha value is -1.56. The zero-order chi connectivity index (χ0) is 13.4. The van der Waals surface area contributed by atoms with E-state index in [9.17, 15) is 5.11 Å². The molecule has 2 saturated heterocycles. The van der Waals surface area contributed by atoms with E-state index in [1.165, 1.54) is 0 Å². The predicted molar refractivity (Wildman–Crippen MR) is 72.6 cm³/mol. The average Bonchev–Trinajstić information content (AvgIpc) is 2.66. The van der Waals surface area contributed by atoms with Crippen molar-refractivity contribution in [3.63, 3.8) is 0 Å². The minimum absolute atomic E-state index is 0.181. The Labute approximate surface area is 112 Å². The molecule has 0 radical (unpaired) electrons. The number of hydrogen-bond donors (Lipinski definition) is 2. The number of nitrogens with one attached hydrogen (secondary N) is 1. The van der Waals surface area contributed by atoms with Crippen molar-refractivity contribution in [1.82, 2.24) is 9.97 Å². The molecule has 2 aliphatic heterocycles. The van der Waals surface area contributed by atoms with Gasteiger partial charge in [0.2, 0.25) is 0 Å². The molecule has 2 aliphatic rings. The summed E-state index contributed by atoms with van der Waals surface area (Å²) in [5, 5.41) is 12.9. The van der Waals surface area contributed by atoms with Crippen LogP contribution in [-0.2, 0) is 4.74 Å². The number of fused-ring (bicyclic) bond motifs is 2. The number of nitrogens with zero attached hydrogens (tertiary/aromatic N) is 3. The number of hydrogen-bond acceptors (Lipinski definition) is 6. The third-order valence-corrected chi connectivity index (χ3v) is 3.50. The molecule has 0 aliphatic carbocycles. The first-order chi connectivity index (χ1) is 9.10. The van der Waals surface area contributed by atoms with Crippen LogP contribution in [0.1, 0.15) is 26.7 Å². The van der Waals surface area contributed by atoms with Gasteiger partial charge in [0, 0.05) is 25.2 Å². The molecule has 1 aromatic heterocycles. The summed E-state index contributed by atoms with van der Waals surface area (Å²) in [6, 6.07) is 1.98. The fourth-order valence-corrected chi connectivity index (χ4v) is 2.76. The van der Waals surface area contributed by atoms with Crippen LogP contribution in [0.3, 0.4) is 0 Å². The third kappa shape index (κ3) is 2.73. The van der Waals surface area contributed by atoms with Gasteiger partial charge in [0.1, 0.15) is 11.6 Å². The first-order valence-electron chi connectivity index (χ1n) is 6.85. The van der Waals surface area contributed by atoms with E-state index in [-0.39, 0.29) is 12.1 Å². The summed E-state index contributed by atoms with van der Waals surface area (Å²) in [5.74, 6) is 1.44. The molecule has 0 saturated carbocycles. The van der Waals surface area contributed by atoms with E-state index in [0.717, 1.165) is 31.7 Å². The number of anilines is 2. The van der Waals surface area contributed by atoms with Gasteiger partial charge in [-0.15, -0.1) is 0 Å². The molecule has 2 atom stereocenters.